The molecule has 0 aliphatic rings. The predicted octanol–water partition coefficient (Wildman–Crippen LogP) is 4.18. The highest BCUT2D eigenvalue weighted by Gasteiger charge is 2.17. The van der Waals surface area contributed by atoms with E-state index in [2.05, 4.69) is 37.2 Å². The molecule has 1 amide bonds. The molecule has 6 heteroatoms. The smallest absolute Gasteiger partial charge is 0.259 e. The molecule has 4 nitrogen and oxygen atoms in total. The van der Waals surface area contributed by atoms with E-state index in [1.807, 2.05) is 0 Å². The van der Waals surface area contributed by atoms with Crippen LogP contribution in [0.25, 0.3) is 0 Å². The Morgan fingerprint density at radius 1 is 1.25 bits per heavy atom. The zero-order valence-electron chi connectivity index (χ0n) is 10.5. The lowest BCUT2D eigenvalue weighted by atomic mass is 10.2. The van der Waals surface area contributed by atoms with Crippen molar-refractivity contribution in [2.45, 2.75) is 0 Å². The van der Waals surface area contributed by atoms with Gasteiger partial charge in [-0.05, 0) is 40.2 Å². The first-order valence-electron chi connectivity index (χ1n) is 5.65. The number of rotatable bonds is 3. The lowest BCUT2D eigenvalue weighted by Crippen LogP contribution is -2.13. The Balaban J connectivity index is 2.37. The molecule has 0 spiro atoms. The zero-order valence-corrected chi connectivity index (χ0v) is 13.7. The van der Waals surface area contributed by atoms with Crippen molar-refractivity contribution in [3.63, 3.8) is 0 Å². The SMILES string of the molecule is COc1c(Br)cc(Br)cc1C(=O)Nc1ccccc1O. The van der Waals surface area contributed by atoms with E-state index >= 15 is 0 Å². The van der Waals surface area contributed by atoms with Gasteiger partial charge in [-0.15, -0.1) is 0 Å². The number of methoxy groups -OCH3 is 1. The molecule has 2 N–H and O–H groups in total. The van der Waals surface area contributed by atoms with Gasteiger partial charge >= 0.3 is 0 Å². The fourth-order valence-corrected chi connectivity index (χ4v) is 3.09. The second-order valence-electron chi connectivity index (χ2n) is 3.94. The quantitative estimate of drug-likeness (QED) is 0.760. The number of hydrogen-bond donors (Lipinski definition) is 2. The van der Waals surface area contributed by atoms with Crippen LogP contribution in [0.3, 0.4) is 0 Å². The number of para-hydroxylation sites is 2. The van der Waals surface area contributed by atoms with E-state index in [-0.39, 0.29) is 11.7 Å². The molecule has 2 aromatic rings. The van der Waals surface area contributed by atoms with Crippen LogP contribution in [0.4, 0.5) is 5.69 Å². The molecule has 0 bridgehead atoms. The van der Waals surface area contributed by atoms with Crippen molar-refractivity contribution < 1.29 is 14.6 Å². The summed E-state index contributed by atoms with van der Waals surface area (Å²) in [5, 5.41) is 12.3. The summed E-state index contributed by atoms with van der Waals surface area (Å²) in [6.07, 6.45) is 0. The van der Waals surface area contributed by atoms with Crippen molar-refractivity contribution in [3.8, 4) is 11.5 Å². The maximum absolute atomic E-state index is 12.3. The first-order chi connectivity index (χ1) is 9.52. The Labute approximate surface area is 133 Å². The average molecular weight is 401 g/mol. The highest BCUT2D eigenvalue weighted by Crippen LogP contribution is 2.33. The molecule has 0 radical (unpaired) electrons. The number of anilines is 1. The monoisotopic (exact) mass is 399 g/mol. The number of phenols is 1. The van der Waals surface area contributed by atoms with Gasteiger partial charge in [0, 0.05) is 4.47 Å². The van der Waals surface area contributed by atoms with Crippen LogP contribution < -0.4 is 10.1 Å². The number of carbonyl (C=O) groups excluding carboxylic acids is 1. The van der Waals surface area contributed by atoms with Gasteiger partial charge in [0.05, 0.1) is 22.8 Å². The van der Waals surface area contributed by atoms with E-state index in [4.69, 9.17) is 4.74 Å². The van der Waals surface area contributed by atoms with Gasteiger partial charge in [-0.25, -0.2) is 0 Å². The van der Waals surface area contributed by atoms with Crippen molar-refractivity contribution in [1.82, 2.24) is 0 Å². The predicted molar refractivity (Wildman–Crippen MR) is 84.5 cm³/mol. The van der Waals surface area contributed by atoms with Gasteiger partial charge in [0.25, 0.3) is 5.91 Å². The summed E-state index contributed by atoms with van der Waals surface area (Å²) in [4.78, 5) is 12.3. The summed E-state index contributed by atoms with van der Waals surface area (Å²) in [6, 6.07) is 9.97. The Kier molecular flexibility index (Phi) is 4.67. The van der Waals surface area contributed by atoms with Crippen molar-refractivity contribution in [2.24, 2.45) is 0 Å². The summed E-state index contributed by atoms with van der Waals surface area (Å²) in [6.45, 7) is 0. The van der Waals surface area contributed by atoms with Crippen LogP contribution >= 0.6 is 31.9 Å². The van der Waals surface area contributed by atoms with Crippen molar-refractivity contribution in [3.05, 3.63) is 50.9 Å². The first-order valence-corrected chi connectivity index (χ1v) is 7.24. The number of ether oxygens (including phenoxy) is 1. The van der Waals surface area contributed by atoms with Gasteiger partial charge in [-0.2, -0.15) is 0 Å². The molecule has 0 unspecified atom stereocenters. The van der Waals surface area contributed by atoms with Gasteiger partial charge in [0.1, 0.15) is 11.5 Å². The number of halogens is 2. The topological polar surface area (TPSA) is 58.6 Å². The fourth-order valence-electron chi connectivity index (χ4n) is 1.71. The number of nitrogens with one attached hydrogen (secondary N) is 1. The summed E-state index contributed by atoms with van der Waals surface area (Å²) in [5.41, 5.74) is 0.702. The van der Waals surface area contributed by atoms with Crippen molar-refractivity contribution in [1.29, 1.82) is 0 Å². The molecule has 0 atom stereocenters. The standard InChI is InChI=1S/C14H11Br2NO3/c1-20-13-9(6-8(15)7-10(13)16)14(19)17-11-4-2-3-5-12(11)18/h2-7,18H,1H3,(H,17,19). The van der Waals surface area contributed by atoms with Crippen LogP contribution in [0.1, 0.15) is 10.4 Å². The van der Waals surface area contributed by atoms with E-state index < -0.39 is 0 Å². The third kappa shape index (κ3) is 3.13. The normalized spacial score (nSPS) is 10.2. The molecule has 0 fully saturated rings. The number of carbonyl (C=O) groups is 1. The van der Waals surface area contributed by atoms with Crippen LogP contribution in [0, 0.1) is 0 Å². The summed E-state index contributed by atoms with van der Waals surface area (Å²) < 4.78 is 6.64. The summed E-state index contributed by atoms with van der Waals surface area (Å²) in [7, 11) is 1.49. The molecular formula is C14H11Br2NO3. The molecular weight excluding hydrogens is 390 g/mol. The van der Waals surface area contributed by atoms with Crippen LogP contribution in [-0.4, -0.2) is 18.1 Å². The van der Waals surface area contributed by atoms with Crippen LogP contribution in [0.2, 0.25) is 0 Å². The minimum atomic E-state index is -0.370. The molecule has 0 heterocycles. The van der Waals surface area contributed by atoms with Gasteiger partial charge in [0.2, 0.25) is 0 Å². The molecule has 104 valence electrons. The maximum atomic E-state index is 12.3. The van der Waals surface area contributed by atoms with E-state index in [9.17, 15) is 9.90 Å². The summed E-state index contributed by atoms with van der Waals surface area (Å²) >= 11 is 6.67. The van der Waals surface area contributed by atoms with Crippen molar-refractivity contribution >= 4 is 43.5 Å². The number of aromatic hydroxyl groups is 1. The number of phenolic OH excluding ortho intramolecular Hbond substituents is 1. The fraction of sp³-hybridized carbons (Fsp3) is 0.0714. The Morgan fingerprint density at radius 2 is 1.95 bits per heavy atom. The number of hydrogen-bond acceptors (Lipinski definition) is 3. The number of benzene rings is 2. The van der Waals surface area contributed by atoms with Gasteiger partial charge < -0.3 is 15.2 Å². The van der Waals surface area contributed by atoms with E-state index in [0.717, 1.165) is 4.47 Å². The van der Waals surface area contributed by atoms with E-state index in [0.29, 0.717) is 21.5 Å². The third-order valence-corrected chi connectivity index (χ3v) is 3.66. The highest BCUT2D eigenvalue weighted by molar-refractivity contribution is 9.11. The Morgan fingerprint density at radius 3 is 2.60 bits per heavy atom. The third-order valence-electron chi connectivity index (χ3n) is 2.61. The molecule has 0 saturated heterocycles. The Bertz CT molecular complexity index is 659. The molecule has 0 aliphatic heterocycles. The van der Waals surface area contributed by atoms with E-state index in [1.165, 1.54) is 13.2 Å². The molecule has 20 heavy (non-hydrogen) atoms. The molecule has 0 saturated carbocycles. The van der Waals surface area contributed by atoms with Gasteiger partial charge in [0.15, 0.2) is 0 Å². The van der Waals surface area contributed by atoms with Crippen molar-refractivity contribution in [2.75, 3.05) is 12.4 Å². The minimum absolute atomic E-state index is 0.00822. The lowest BCUT2D eigenvalue weighted by molar-refractivity contribution is 0.102. The summed E-state index contributed by atoms with van der Waals surface area (Å²) in [5.74, 6) is 0.0698. The van der Waals surface area contributed by atoms with Gasteiger partial charge in [-0.1, -0.05) is 28.1 Å². The van der Waals surface area contributed by atoms with E-state index in [1.54, 1.807) is 30.3 Å². The average Bonchev–Trinajstić information content (AvgIpc) is 2.40. The Hall–Kier alpha value is -1.53. The van der Waals surface area contributed by atoms with Gasteiger partial charge in [-0.3, -0.25) is 4.79 Å². The maximum Gasteiger partial charge on any atom is 0.259 e. The molecule has 2 aromatic carbocycles. The molecule has 2 rings (SSSR count). The minimum Gasteiger partial charge on any atom is -0.506 e. The van der Waals surface area contributed by atoms with Crippen LogP contribution in [0.15, 0.2) is 45.3 Å². The lowest BCUT2D eigenvalue weighted by Gasteiger charge is -2.12. The zero-order chi connectivity index (χ0) is 14.7. The highest BCUT2D eigenvalue weighted by atomic mass is 79.9. The molecule has 0 aliphatic carbocycles. The largest absolute Gasteiger partial charge is 0.506 e. The van der Waals surface area contributed by atoms with Crippen LogP contribution in [-0.2, 0) is 0 Å². The second-order valence-corrected chi connectivity index (χ2v) is 5.71. The number of amides is 1. The molecule has 0 aromatic heterocycles. The second kappa shape index (κ2) is 6.28. The first kappa shape index (κ1) is 14.9. The van der Waals surface area contributed by atoms with Crippen LogP contribution in [0.5, 0.6) is 11.5 Å².